The summed E-state index contributed by atoms with van der Waals surface area (Å²) in [6.07, 6.45) is 0.826. The van der Waals surface area contributed by atoms with Gasteiger partial charge in [-0.05, 0) is 42.3 Å². The molecule has 3 N–H and O–H groups in total. The Morgan fingerprint density at radius 2 is 2.09 bits per heavy atom. The van der Waals surface area contributed by atoms with Gasteiger partial charge in [0.05, 0.1) is 13.2 Å². The van der Waals surface area contributed by atoms with Crippen molar-refractivity contribution < 1.29 is 14.2 Å². The van der Waals surface area contributed by atoms with Gasteiger partial charge in [0.25, 0.3) is 0 Å². The maximum absolute atomic E-state index is 13.6. The normalized spacial score (nSPS) is 17.2. The summed E-state index contributed by atoms with van der Waals surface area (Å²) < 4.78 is 18.7. The van der Waals surface area contributed by atoms with E-state index in [4.69, 9.17) is 4.74 Å². The van der Waals surface area contributed by atoms with Crippen LogP contribution in [0.25, 0.3) is 10.9 Å². The quantitative estimate of drug-likeness (QED) is 0.681. The van der Waals surface area contributed by atoms with Gasteiger partial charge in [0.1, 0.15) is 17.3 Å². The minimum absolute atomic E-state index is 0.153. The van der Waals surface area contributed by atoms with Gasteiger partial charge in [-0.2, -0.15) is 0 Å². The van der Waals surface area contributed by atoms with Crippen molar-refractivity contribution in [3.05, 3.63) is 59.0 Å². The van der Waals surface area contributed by atoms with Crippen LogP contribution in [0.4, 0.5) is 4.39 Å². The summed E-state index contributed by atoms with van der Waals surface area (Å²) in [5, 5.41) is 14.7. The van der Waals surface area contributed by atoms with Gasteiger partial charge >= 0.3 is 0 Å². The molecule has 0 amide bonds. The van der Waals surface area contributed by atoms with E-state index in [9.17, 15) is 9.50 Å². The molecule has 1 atom stereocenters. The minimum Gasteiger partial charge on any atom is -0.507 e. The minimum atomic E-state index is -0.235. The number of phenolic OH excluding ortho intramolecular Hbond substituents is 1. The van der Waals surface area contributed by atoms with Crippen LogP contribution in [0.1, 0.15) is 22.9 Å². The third-order valence-corrected chi connectivity index (χ3v) is 4.46. The molecule has 4 nitrogen and oxygen atoms in total. The number of benzene rings is 2. The second-order valence-electron chi connectivity index (χ2n) is 5.77. The van der Waals surface area contributed by atoms with Gasteiger partial charge in [0, 0.05) is 34.8 Å². The van der Waals surface area contributed by atoms with Crippen molar-refractivity contribution in [1.29, 1.82) is 0 Å². The summed E-state index contributed by atoms with van der Waals surface area (Å²) in [5.41, 5.74) is 3.78. The number of nitrogens with one attached hydrogen (secondary N) is 2. The molecule has 0 saturated carbocycles. The number of phenols is 1. The Kier molecular flexibility index (Phi) is 3.23. The van der Waals surface area contributed by atoms with Crippen LogP contribution >= 0.6 is 0 Å². The van der Waals surface area contributed by atoms with Crippen LogP contribution in [0.2, 0.25) is 0 Å². The molecular formula is C18H17FN2O2. The maximum Gasteiger partial charge on any atom is 0.124 e. The summed E-state index contributed by atoms with van der Waals surface area (Å²) >= 11 is 0. The van der Waals surface area contributed by atoms with Crippen LogP contribution in [0.5, 0.6) is 11.5 Å². The number of halogens is 1. The zero-order valence-electron chi connectivity index (χ0n) is 12.7. The number of hydrogen-bond acceptors (Lipinski definition) is 3. The SMILES string of the molecule is COc1ccc(C2NCCc3c2[nH]c2ccc(F)cc32)c(O)c1. The molecular weight excluding hydrogens is 295 g/mol. The van der Waals surface area contributed by atoms with E-state index >= 15 is 0 Å². The first kappa shape index (κ1) is 14.1. The number of aromatic hydroxyl groups is 1. The van der Waals surface area contributed by atoms with E-state index in [1.807, 2.05) is 12.1 Å². The maximum atomic E-state index is 13.6. The number of aromatic nitrogens is 1. The van der Waals surface area contributed by atoms with Crippen molar-refractivity contribution in [1.82, 2.24) is 10.3 Å². The highest BCUT2D eigenvalue weighted by Crippen LogP contribution is 2.37. The van der Waals surface area contributed by atoms with Crippen molar-refractivity contribution in [2.24, 2.45) is 0 Å². The lowest BCUT2D eigenvalue weighted by Crippen LogP contribution is -2.30. The van der Waals surface area contributed by atoms with E-state index in [1.54, 1.807) is 25.3 Å². The molecule has 1 unspecified atom stereocenters. The van der Waals surface area contributed by atoms with Crippen molar-refractivity contribution in [2.45, 2.75) is 12.5 Å². The van der Waals surface area contributed by atoms with E-state index in [-0.39, 0.29) is 17.6 Å². The second kappa shape index (κ2) is 5.28. The molecule has 1 aliphatic rings. The van der Waals surface area contributed by atoms with Gasteiger partial charge in [0.15, 0.2) is 0 Å². The fourth-order valence-corrected chi connectivity index (χ4v) is 3.36. The Morgan fingerprint density at radius 3 is 2.87 bits per heavy atom. The number of aromatic amines is 1. The van der Waals surface area contributed by atoms with Crippen LogP contribution < -0.4 is 10.1 Å². The number of methoxy groups -OCH3 is 1. The summed E-state index contributed by atoms with van der Waals surface area (Å²) in [6, 6.07) is 9.92. The molecule has 0 aliphatic carbocycles. The average Bonchev–Trinajstić information content (AvgIpc) is 2.93. The van der Waals surface area contributed by atoms with E-state index in [1.165, 1.54) is 6.07 Å². The van der Waals surface area contributed by atoms with Crippen LogP contribution in [-0.2, 0) is 6.42 Å². The van der Waals surface area contributed by atoms with E-state index in [2.05, 4.69) is 10.3 Å². The zero-order valence-corrected chi connectivity index (χ0v) is 12.7. The Morgan fingerprint density at radius 1 is 1.22 bits per heavy atom. The summed E-state index contributed by atoms with van der Waals surface area (Å²) in [6.45, 7) is 0.770. The molecule has 23 heavy (non-hydrogen) atoms. The molecule has 2 heterocycles. The first-order valence-electron chi connectivity index (χ1n) is 7.57. The van der Waals surface area contributed by atoms with Crippen LogP contribution in [0, 0.1) is 5.82 Å². The lowest BCUT2D eigenvalue weighted by atomic mass is 9.94. The van der Waals surface area contributed by atoms with Gasteiger partial charge in [-0.3, -0.25) is 0 Å². The predicted molar refractivity (Wildman–Crippen MR) is 86.5 cm³/mol. The summed E-state index contributed by atoms with van der Waals surface area (Å²) in [5.74, 6) is 0.558. The first-order valence-corrected chi connectivity index (χ1v) is 7.57. The molecule has 0 bridgehead atoms. The lowest BCUT2D eigenvalue weighted by molar-refractivity contribution is 0.404. The Bertz CT molecular complexity index is 888. The molecule has 2 aromatic carbocycles. The van der Waals surface area contributed by atoms with Gasteiger partial charge in [-0.25, -0.2) is 4.39 Å². The molecule has 0 saturated heterocycles. The van der Waals surface area contributed by atoms with Gasteiger partial charge in [-0.1, -0.05) is 0 Å². The fourth-order valence-electron chi connectivity index (χ4n) is 3.36. The van der Waals surface area contributed by atoms with E-state index in [0.29, 0.717) is 5.75 Å². The van der Waals surface area contributed by atoms with Gasteiger partial charge in [-0.15, -0.1) is 0 Å². The molecule has 118 valence electrons. The number of hydrogen-bond donors (Lipinski definition) is 3. The largest absolute Gasteiger partial charge is 0.507 e. The number of H-pyrrole nitrogens is 1. The average molecular weight is 312 g/mol. The van der Waals surface area contributed by atoms with Crippen molar-refractivity contribution in [2.75, 3.05) is 13.7 Å². The molecule has 0 radical (unpaired) electrons. The molecule has 3 aromatic rings. The fraction of sp³-hybridized carbons (Fsp3) is 0.222. The van der Waals surface area contributed by atoms with E-state index in [0.717, 1.165) is 40.7 Å². The van der Waals surface area contributed by atoms with Crippen LogP contribution in [0.3, 0.4) is 0 Å². The predicted octanol–water partition coefficient (Wildman–Crippen LogP) is 3.26. The molecule has 4 rings (SSSR count). The lowest BCUT2D eigenvalue weighted by Gasteiger charge is -2.25. The monoisotopic (exact) mass is 312 g/mol. The molecule has 5 heteroatoms. The number of rotatable bonds is 2. The standard InChI is InChI=1S/C18H17FN2O2/c1-23-11-3-4-13(16(22)9-11)17-18-12(6-7-20-17)14-8-10(19)2-5-15(14)21-18/h2-5,8-9,17,20-22H,6-7H2,1H3. The van der Waals surface area contributed by atoms with Crippen molar-refractivity contribution >= 4 is 10.9 Å². The highest BCUT2D eigenvalue weighted by molar-refractivity contribution is 5.85. The highest BCUT2D eigenvalue weighted by atomic mass is 19.1. The molecule has 0 fully saturated rings. The van der Waals surface area contributed by atoms with E-state index < -0.39 is 0 Å². The Hall–Kier alpha value is -2.53. The smallest absolute Gasteiger partial charge is 0.124 e. The second-order valence-corrected chi connectivity index (χ2v) is 5.77. The third-order valence-electron chi connectivity index (χ3n) is 4.46. The third kappa shape index (κ3) is 2.24. The topological polar surface area (TPSA) is 57.3 Å². The molecule has 1 aliphatic heterocycles. The Labute approximate surface area is 132 Å². The van der Waals surface area contributed by atoms with Gasteiger partial charge in [0.2, 0.25) is 0 Å². The van der Waals surface area contributed by atoms with Crippen molar-refractivity contribution in [3.8, 4) is 11.5 Å². The number of ether oxygens (including phenoxy) is 1. The number of fused-ring (bicyclic) bond motifs is 3. The molecule has 0 spiro atoms. The van der Waals surface area contributed by atoms with Crippen LogP contribution in [-0.4, -0.2) is 23.7 Å². The summed E-state index contributed by atoms with van der Waals surface area (Å²) in [4.78, 5) is 3.38. The van der Waals surface area contributed by atoms with Gasteiger partial charge < -0.3 is 20.1 Å². The molecule has 1 aromatic heterocycles. The highest BCUT2D eigenvalue weighted by Gasteiger charge is 2.27. The first-order chi connectivity index (χ1) is 11.2. The van der Waals surface area contributed by atoms with Crippen LogP contribution in [0.15, 0.2) is 36.4 Å². The zero-order chi connectivity index (χ0) is 16.0. The summed E-state index contributed by atoms with van der Waals surface area (Å²) in [7, 11) is 1.57. The Balaban J connectivity index is 1.86. The van der Waals surface area contributed by atoms with Crippen molar-refractivity contribution in [3.63, 3.8) is 0 Å².